The second-order valence-electron chi connectivity index (χ2n) is 5.09. The number of ether oxygens (including phenoxy) is 1. The van der Waals surface area contributed by atoms with Crippen LogP contribution in [0.2, 0.25) is 0 Å². The van der Waals surface area contributed by atoms with E-state index in [4.69, 9.17) is 4.74 Å². The van der Waals surface area contributed by atoms with Gasteiger partial charge >= 0.3 is 5.69 Å². The molecule has 0 atom stereocenters. The number of hydrogen-bond donors (Lipinski definition) is 1. The summed E-state index contributed by atoms with van der Waals surface area (Å²) in [4.78, 5) is 21.1. The molecule has 0 bridgehead atoms. The second kappa shape index (κ2) is 7.01. The Morgan fingerprint density at radius 2 is 1.96 bits per heavy atom. The van der Waals surface area contributed by atoms with Crippen LogP contribution in [-0.2, 0) is 11.3 Å². The van der Waals surface area contributed by atoms with Gasteiger partial charge in [0.2, 0.25) is 11.6 Å². The van der Waals surface area contributed by atoms with E-state index < -0.39 is 4.92 Å². The molecule has 2 heterocycles. The molecule has 120 valence electrons. The first-order valence-electron chi connectivity index (χ1n) is 7.35. The highest BCUT2D eigenvalue weighted by Gasteiger charge is 2.27. The molecule has 0 spiro atoms. The lowest BCUT2D eigenvalue weighted by Gasteiger charge is -2.27. The summed E-state index contributed by atoms with van der Waals surface area (Å²) in [5.74, 6) is 0.569. The highest BCUT2D eigenvalue weighted by Crippen LogP contribution is 2.32. The van der Waals surface area contributed by atoms with E-state index in [9.17, 15) is 10.1 Å². The molecule has 0 aliphatic carbocycles. The lowest BCUT2D eigenvalue weighted by molar-refractivity contribution is -0.383. The standard InChI is InChI=1S/C15H17N5O3/c21-20(22)13-14(16-10-12-4-2-1-3-5-12)17-11-18-15(13)19-6-8-23-9-7-19/h1-5,11H,6-10H2,(H,16,17,18). The minimum Gasteiger partial charge on any atom is -0.378 e. The zero-order valence-electron chi connectivity index (χ0n) is 12.5. The molecule has 3 rings (SSSR count). The van der Waals surface area contributed by atoms with Crippen molar-refractivity contribution in [3.05, 3.63) is 52.3 Å². The van der Waals surface area contributed by atoms with Crippen molar-refractivity contribution in [1.29, 1.82) is 0 Å². The fourth-order valence-corrected chi connectivity index (χ4v) is 2.46. The van der Waals surface area contributed by atoms with E-state index in [1.165, 1.54) is 6.33 Å². The second-order valence-corrected chi connectivity index (χ2v) is 5.09. The molecule has 1 aliphatic rings. The van der Waals surface area contributed by atoms with Gasteiger partial charge in [-0.2, -0.15) is 0 Å². The molecule has 8 heteroatoms. The van der Waals surface area contributed by atoms with Crippen LogP contribution in [0.3, 0.4) is 0 Å². The summed E-state index contributed by atoms with van der Waals surface area (Å²) in [6, 6.07) is 9.66. The van der Waals surface area contributed by atoms with E-state index in [0.29, 0.717) is 38.7 Å². The molecule has 1 aromatic heterocycles. The number of anilines is 2. The third-order valence-corrected chi connectivity index (χ3v) is 3.60. The third kappa shape index (κ3) is 3.54. The zero-order chi connectivity index (χ0) is 16.1. The van der Waals surface area contributed by atoms with Gasteiger partial charge in [-0.05, 0) is 5.56 Å². The largest absolute Gasteiger partial charge is 0.378 e. The van der Waals surface area contributed by atoms with Gasteiger partial charge in [0.1, 0.15) is 6.33 Å². The summed E-state index contributed by atoms with van der Waals surface area (Å²) in [5.41, 5.74) is 0.929. The molecule has 1 saturated heterocycles. The maximum Gasteiger partial charge on any atom is 0.353 e. The van der Waals surface area contributed by atoms with Gasteiger partial charge in [-0.3, -0.25) is 10.1 Å². The van der Waals surface area contributed by atoms with Crippen LogP contribution >= 0.6 is 0 Å². The Morgan fingerprint density at radius 3 is 2.65 bits per heavy atom. The molecule has 1 aliphatic heterocycles. The van der Waals surface area contributed by atoms with Crippen molar-refractivity contribution < 1.29 is 9.66 Å². The fraction of sp³-hybridized carbons (Fsp3) is 0.333. The van der Waals surface area contributed by atoms with Gasteiger partial charge in [0.15, 0.2) is 0 Å². The number of aromatic nitrogens is 2. The molecule has 0 radical (unpaired) electrons. The van der Waals surface area contributed by atoms with Crippen LogP contribution in [0.1, 0.15) is 5.56 Å². The first-order valence-corrected chi connectivity index (χ1v) is 7.35. The number of benzene rings is 1. The summed E-state index contributed by atoms with van der Waals surface area (Å²) < 4.78 is 5.29. The van der Waals surface area contributed by atoms with Crippen molar-refractivity contribution >= 4 is 17.3 Å². The van der Waals surface area contributed by atoms with Crippen LogP contribution in [0.15, 0.2) is 36.7 Å². The van der Waals surface area contributed by atoms with Crippen LogP contribution in [0.5, 0.6) is 0 Å². The Balaban J connectivity index is 1.85. The van der Waals surface area contributed by atoms with Crippen molar-refractivity contribution in [2.45, 2.75) is 6.54 Å². The Kier molecular flexibility index (Phi) is 4.62. The SMILES string of the molecule is O=[N+]([O-])c1c(NCc2ccccc2)ncnc1N1CCOCC1. The summed E-state index contributed by atoms with van der Waals surface area (Å²) in [7, 11) is 0. The van der Waals surface area contributed by atoms with Gasteiger partial charge in [-0.15, -0.1) is 0 Å². The topological polar surface area (TPSA) is 93.4 Å². The van der Waals surface area contributed by atoms with Crippen molar-refractivity contribution in [2.75, 3.05) is 36.5 Å². The summed E-state index contributed by atoms with van der Waals surface area (Å²) >= 11 is 0. The Labute approximate surface area is 133 Å². The number of nitrogens with zero attached hydrogens (tertiary/aromatic N) is 4. The van der Waals surface area contributed by atoms with Crippen molar-refractivity contribution in [2.24, 2.45) is 0 Å². The van der Waals surface area contributed by atoms with E-state index in [1.54, 1.807) is 0 Å². The Morgan fingerprint density at radius 1 is 1.22 bits per heavy atom. The quantitative estimate of drug-likeness (QED) is 0.664. The summed E-state index contributed by atoms with van der Waals surface area (Å²) in [6.45, 7) is 2.69. The average Bonchev–Trinajstić information content (AvgIpc) is 2.61. The maximum atomic E-state index is 11.5. The van der Waals surface area contributed by atoms with Gasteiger partial charge in [-0.25, -0.2) is 9.97 Å². The first kappa shape index (κ1) is 15.2. The number of rotatable bonds is 5. The molecule has 23 heavy (non-hydrogen) atoms. The number of nitrogens with one attached hydrogen (secondary N) is 1. The van der Waals surface area contributed by atoms with Crippen molar-refractivity contribution in [3.63, 3.8) is 0 Å². The Hall–Kier alpha value is -2.74. The van der Waals surface area contributed by atoms with Gasteiger partial charge in [0.25, 0.3) is 0 Å². The summed E-state index contributed by atoms with van der Waals surface area (Å²) in [6.07, 6.45) is 1.35. The smallest absolute Gasteiger partial charge is 0.353 e. The van der Waals surface area contributed by atoms with Crippen LogP contribution < -0.4 is 10.2 Å². The predicted octanol–water partition coefficient (Wildman–Crippen LogP) is 1.83. The molecule has 8 nitrogen and oxygen atoms in total. The van der Waals surface area contributed by atoms with E-state index in [0.717, 1.165) is 5.56 Å². The van der Waals surface area contributed by atoms with Crippen molar-refractivity contribution in [1.82, 2.24) is 9.97 Å². The normalized spacial score (nSPS) is 14.5. The number of nitro groups is 1. The van der Waals surface area contributed by atoms with Crippen LogP contribution in [0.4, 0.5) is 17.3 Å². The molecule has 0 amide bonds. The maximum absolute atomic E-state index is 11.5. The third-order valence-electron chi connectivity index (χ3n) is 3.60. The monoisotopic (exact) mass is 315 g/mol. The lowest BCUT2D eigenvalue weighted by Crippen LogP contribution is -2.37. The van der Waals surface area contributed by atoms with E-state index >= 15 is 0 Å². The van der Waals surface area contributed by atoms with E-state index in [2.05, 4.69) is 15.3 Å². The number of morpholine rings is 1. The molecule has 1 fully saturated rings. The van der Waals surface area contributed by atoms with Gasteiger partial charge in [0.05, 0.1) is 18.1 Å². The highest BCUT2D eigenvalue weighted by atomic mass is 16.6. The first-order chi connectivity index (χ1) is 11.3. The zero-order valence-corrected chi connectivity index (χ0v) is 12.5. The molecular weight excluding hydrogens is 298 g/mol. The van der Waals surface area contributed by atoms with Crippen LogP contribution in [-0.4, -0.2) is 41.2 Å². The highest BCUT2D eigenvalue weighted by molar-refractivity contribution is 5.70. The molecule has 1 N–H and O–H groups in total. The minimum absolute atomic E-state index is 0.0923. The average molecular weight is 315 g/mol. The van der Waals surface area contributed by atoms with Crippen molar-refractivity contribution in [3.8, 4) is 0 Å². The summed E-state index contributed by atoms with van der Waals surface area (Å²) in [5, 5.41) is 14.6. The molecule has 2 aromatic rings. The van der Waals surface area contributed by atoms with Crippen LogP contribution in [0.25, 0.3) is 0 Å². The lowest BCUT2D eigenvalue weighted by atomic mass is 10.2. The molecular formula is C15H17N5O3. The molecule has 1 aromatic carbocycles. The fourth-order valence-electron chi connectivity index (χ4n) is 2.46. The van der Waals surface area contributed by atoms with E-state index in [-0.39, 0.29) is 11.5 Å². The molecule has 0 unspecified atom stereocenters. The van der Waals surface area contributed by atoms with Gasteiger partial charge in [0, 0.05) is 19.6 Å². The van der Waals surface area contributed by atoms with Gasteiger partial charge in [-0.1, -0.05) is 30.3 Å². The van der Waals surface area contributed by atoms with Gasteiger partial charge < -0.3 is 15.0 Å². The Bertz CT molecular complexity index is 674. The van der Waals surface area contributed by atoms with Crippen LogP contribution in [0, 0.1) is 10.1 Å². The van der Waals surface area contributed by atoms with E-state index in [1.807, 2.05) is 35.2 Å². The molecule has 0 saturated carbocycles. The minimum atomic E-state index is -0.432. The predicted molar refractivity (Wildman–Crippen MR) is 85.5 cm³/mol. The number of hydrogen-bond acceptors (Lipinski definition) is 7.